The average Bonchev–Trinajstić information content (AvgIpc) is 2.03. The zero-order chi connectivity index (χ0) is 9.14. The minimum Gasteiger partial charge on any atom is -0.507 e. The Morgan fingerprint density at radius 2 is 2.17 bits per heavy atom. The third-order valence-electron chi connectivity index (χ3n) is 1.73. The fourth-order valence-electron chi connectivity index (χ4n) is 1.04. The zero-order valence-electron chi connectivity index (χ0n) is 7.24. The first-order valence-electron chi connectivity index (χ1n) is 3.77. The minimum absolute atomic E-state index is 0.157. The maximum Gasteiger partial charge on any atom is 0.124 e. The van der Waals surface area contributed by atoms with E-state index in [4.69, 9.17) is 10.5 Å². The third kappa shape index (κ3) is 1.68. The van der Waals surface area contributed by atoms with E-state index in [0.29, 0.717) is 5.75 Å². The number of hydrogen-bond donors (Lipinski definition) is 2. The summed E-state index contributed by atoms with van der Waals surface area (Å²) in [7, 11) is 1.56. The Labute approximate surface area is 71.8 Å². The second-order valence-corrected chi connectivity index (χ2v) is 2.71. The molecule has 0 aliphatic rings. The lowest BCUT2D eigenvalue weighted by Crippen LogP contribution is -2.04. The van der Waals surface area contributed by atoms with Gasteiger partial charge in [-0.1, -0.05) is 6.07 Å². The highest BCUT2D eigenvalue weighted by Gasteiger charge is 2.06. The van der Waals surface area contributed by atoms with Gasteiger partial charge in [-0.15, -0.1) is 0 Å². The van der Waals surface area contributed by atoms with E-state index in [1.807, 2.05) is 6.92 Å². The molecular weight excluding hydrogens is 154 g/mol. The summed E-state index contributed by atoms with van der Waals surface area (Å²) in [6, 6.07) is 4.94. The van der Waals surface area contributed by atoms with Crippen molar-refractivity contribution in [1.29, 1.82) is 0 Å². The van der Waals surface area contributed by atoms with Crippen molar-refractivity contribution >= 4 is 0 Å². The Hall–Kier alpha value is -1.22. The monoisotopic (exact) mass is 167 g/mol. The molecule has 0 aliphatic carbocycles. The highest BCUT2D eigenvalue weighted by molar-refractivity contribution is 5.40. The zero-order valence-corrected chi connectivity index (χ0v) is 7.24. The molecule has 0 aromatic heterocycles. The highest BCUT2D eigenvalue weighted by atomic mass is 16.5. The van der Waals surface area contributed by atoms with Gasteiger partial charge in [0.15, 0.2) is 0 Å². The first-order chi connectivity index (χ1) is 5.65. The number of hydrogen-bond acceptors (Lipinski definition) is 3. The fourth-order valence-corrected chi connectivity index (χ4v) is 1.04. The Balaban J connectivity index is 3.03. The van der Waals surface area contributed by atoms with Crippen LogP contribution in [0.4, 0.5) is 0 Å². The van der Waals surface area contributed by atoms with Gasteiger partial charge in [0.2, 0.25) is 0 Å². The van der Waals surface area contributed by atoms with Crippen LogP contribution in [0, 0.1) is 0 Å². The number of rotatable bonds is 2. The van der Waals surface area contributed by atoms with Crippen LogP contribution in [0.1, 0.15) is 18.5 Å². The molecule has 0 amide bonds. The van der Waals surface area contributed by atoms with Gasteiger partial charge in [-0.05, 0) is 13.0 Å². The van der Waals surface area contributed by atoms with Gasteiger partial charge in [-0.25, -0.2) is 0 Å². The molecule has 0 bridgehead atoms. The summed E-state index contributed by atoms with van der Waals surface area (Å²) in [6.45, 7) is 1.82. The summed E-state index contributed by atoms with van der Waals surface area (Å²) in [5.74, 6) is 0.821. The molecule has 0 radical (unpaired) electrons. The highest BCUT2D eigenvalue weighted by Crippen LogP contribution is 2.26. The summed E-state index contributed by atoms with van der Waals surface area (Å²) in [5.41, 5.74) is 6.34. The van der Waals surface area contributed by atoms with Crippen molar-refractivity contribution in [3.8, 4) is 11.5 Å². The van der Waals surface area contributed by atoms with E-state index in [1.165, 1.54) is 0 Å². The molecule has 0 heterocycles. The lowest BCUT2D eigenvalue weighted by molar-refractivity contribution is 0.405. The van der Waals surface area contributed by atoms with Crippen LogP contribution in [0.5, 0.6) is 11.5 Å². The average molecular weight is 167 g/mol. The van der Waals surface area contributed by atoms with Gasteiger partial charge < -0.3 is 15.6 Å². The quantitative estimate of drug-likeness (QED) is 0.700. The molecule has 1 aromatic carbocycles. The smallest absolute Gasteiger partial charge is 0.124 e. The van der Waals surface area contributed by atoms with Crippen LogP contribution in [-0.2, 0) is 0 Å². The first-order valence-corrected chi connectivity index (χ1v) is 3.77. The maximum absolute atomic E-state index is 9.43. The topological polar surface area (TPSA) is 55.5 Å². The van der Waals surface area contributed by atoms with Crippen molar-refractivity contribution in [3.05, 3.63) is 23.8 Å². The van der Waals surface area contributed by atoms with E-state index < -0.39 is 0 Å². The summed E-state index contributed by atoms with van der Waals surface area (Å²) < 4.78 is 4.93. The van der Waals surface area contributed by atoms with E-state index in [9.17, 15) is 5.11 Å². The number of methoxy groups -OCH3 is 1. The number of phenolic OH excluding ortho intramolecular Hbond substituents is 1. The normalized spacial score (nSPS) is 12.6. The Morgan fingerprint density at radius 1 is 1.50 bits per heavy atom. The van der Waals surface area contributed by atoms with Gasteiger partial charge in [-0.3, -0.25) is 0 Å². The van der Waals surface area contributed by atoms with Crippen LogP contribution in [0.3, 0.4) is 0 Å². The molecule has 0 saturated heterocycles. The van der Waals surface area contributed by atoms with Gasteiger partial charge in [-0.2, -0.15) is 0 Å². The number of ether oxygens (including phenoxy) is 1. The molecule has 12 heavy (non-hydrogen) atoms. The largest absolute Gasteiger partial charge is 0.507 e. The Morgan fingerprint density at radius 3 is 2.58 bits per heavy atom. The summed E-state index contributed by atoms with van der Waals surface area (Å²) >= 11 is 0. The molecule has 3 heteroatoms. The number of aromatic hydroxyl groups is 1. The molecule has 0 fully saturated rings. The number of benzene rings is 1. The lowest BCUT2D eigenvalue weighted by Gasteiger charge is -2.09. The van der Waals surface area contributed by atoms with Gasteiger partial charge in [0.1, 0.15) is 11.5 Å². The van der Waals surface area contributed by atoms with E-state index >= 15 is 0 Å². The van der Waals surface area contributed by atoms with Crippen molar-refractivity contribution < 1.29 is 9.84 Å². The number of phenols is 1. The fraction of sp³-hybridized carbons (Fsp3) is 0.333. The van der Waals surface area contributed by atoms with Crippen molar-refractivity contribution in [3.63, 3.8) is 0 Å². The number of nitrogens with two attached hydrogens (primary N) is 1. The Kier molecular flexibility index (Phi) is 2.55. The molecular formula is C9H13NO2. The van der Waals surface area contributed by atoms with Crippen molar-refractivity contribution in [2.75, 3.05) is 7.11 Å². The molecule has 1 rings (SSSR count). The van der Waals surface area contributed by atoms with Gasteiger partial charge in [0, 0.05) is 17.7 Å². The molecule has 1 aromatic rings. The second kappa shape index (κ2) is 3.45. The molecule has 0 unspecified atom stereocenters. The molecule has 3 nitrogen and oxygen atoms in total. The minimum atomic E-state index is -0.157. The van der Waals surface area contributed by atoms with E-state index in [0.717, 1.165) is 5.56 Å². The molecule has 3 N–H and O–H groups in total. The van der Waals surface area contributed by atoms with Crippen LogP contribution in [0.25, 0.3) is 0 Å². The summed E-state index contributed by atoms with van der Waals surface area (Å²) in [4.78, 5) is 0. The third-order valence-corrected chi connectivity index (χ3v) is 1.73. The predicted octanol–water partition coefficient (Wildman–Crippen LogP) is 1.42. The maximum atomic E-state index is 9.43. The van der Waals surface area contributed by atoms with Gasteiger partial charge in [0.25, 0.3) is 0 Å². The molecule has 0 saturated carbocycles. The van der Waals surface area contributed by atoms with Crippen molar-refractivity contribution in [2.24, 2.45) is 5.73 Å². The standard InChI is InChI=1S/C9H13NO2/c1-6(10)8-4-3-7(12-2)5-9(8)11/h3-6,11H,10H2,1-2H3/t6-/m0/s1. The van der Waals surface area contributed by atoms with Crippen LogP contribution >= 0.6 is 0 Å². The molecule has 0 spiro atoms. The van der Waals surface area contributed by atoms with Gasteiger partial charge >= 0.3 is 0 Å². The van der Waals surface area contributed by atoms with Crippen molar-refractivity contribution in [2.45, 2.75) is 13.0 Å². The van der Waals surface area contributed by atoms with Crippen LogP contribution in [0.15, 0.2) is 18.2 Å². The SMILES string of the molecule is COc1ccc([C@H](C)N)c(O)c1. The summed E-state index contributed by atoms with van der Waals surface area (Å²) in [6.07, 6.45) is 0. The molecule has 1 atom stereocenters. The van der Waals surface area contributed by atoms with Crippen molar-refractivity contribution in [1.82, 2.24) is 0 Å². The van der Waals surface area contributed by atoms with Crippen LogP contribution in [0.2, 0.25) is 0 Å². The second-order valence-electron chi connectivity index (χ2n) is 2.71. The molecule has 66 valence electrons. The van der Waals surface area contributed by atoms with E-state index in [-0.39, 0.29) is 11.8 Å². The predicted molar refractivity (Wildman–Crippen MR) is 47.3 cm³/mol. The first kappa shape index (κ1) is 8.87. The van der Waals surface area contributed by atoms with Crippen LogP contribution < -0.4 is 10.5 Å². The van der Waals surface area contributed by atoms with E-state index in [1.54, 1.807) is 25.3 Å². The lowest BCUT2D eigenvalue weighted by atomic mass is 10.1. The van der Waals surface area contributed by atoms with Gasteiger partial charge in [0.05, 0.1) is 7.11 Å². The summed E-state index contributed by atoms with van der Waals surface area (Å²) in [5, 5.41) is 9.43. The van der Waals surface area contributed by atoms with E-state index in [2.05, 4.69) is 0 Å². The molecule has 0 aliphatic heterocycles. The van der Waals surface area contributed by atoms with Crippen LogP contribution in [-0.4, -0.2) is 12.2 Å². The Bertz CT molecular complexity index is 271.